The van der Waals surface area contributed by atoms with Crippen molar-refractivity contribution in [1.29, 1.82) is 0 Å². The van der Waals surface area contributed by atoms with Crippen LogP contribution in [-0.4, -0.2) is 23.1 Å². The summed E-state index contributed by atoms with van der Waals surface area (Å²) in [7, 11) is 0. The third kappa shape index (κ3) is 34.6. The van der Waals surface area contributed by atoms with Crippen LogP contribution in [0.5, 0.6) is 0 Å². The smallest absolute Gasteiger partial charge is 0.306 e. The number of carboxylic acids is 1. The van der Waals surface area contributed by atoms with E-state index in [2.05, 4.69) is 50.3 Å². The fourth-order valence-corrected chi connectivity index (χ4v) is 5.56. The molecule has 0 saturated heterocycles. The molecule has 0 aliphatic heterocycles. The van der Waals surface area contributed by atoms with Crippen LogP contribution in [0.3, 0.4) is 0 Å². The van der Waals surface area contributed by atoms with Gasteiger partial charge in [-0.1, -0.05) is 134 Å². The van der Waals surface area contributed by atoms with Gasteiger partial charge < -0.3 is 9.84 Å². The number of aliphatic carboxylic acids is 1. The lowest BCUT2D eigenvalue weighted by atomic mass is 10.0. The van der Waals surface area contributed by atoms with Gasteiger partial charge in [-0.05, 0) is 89.9 Å². The molecular weight excluding hydrogens is 544 g/mol. The van der Waals surface area contributed by atoms with Gasteiger partial charge in [-0.2, -0.15) is 0 Å². The van der Waals surface area contributed by atoms with Crippen LogP contribution in [0.15, 0.2) is 36.5 Å². The maximum atomic E-state index is 12.4. The van der Waals surface area contributed by atoms with Crippen molar-refractivity contribution < 1.29 is 19.4 Å². The molecule has 0 radical (unpaired) electrons. The zero-order chi connectivity index (χ0) is 32.2. The molecule has 1 N–H and O–H groups in total. The Labute approximate surface area is 273 Å². The summed E-state index contributed by atoms with van der Waals surface area (Å²) in [5.41, 5.74) is 0. The number of ether oxygens (including phenoxy) is 1. The van der Waals surface area contributed by atoms with E-state index in [9.17, 15) is 9.59 Å². The van der Waals surface area contributed by atoms with Gasteiger partial charge in [0, 0.05) is 12.8 Å². The highest BCUT2D eigenvalue weighted by atomic mass is 16.5. The van der Waals surface area contributed by atoms with Crippen molar-refractivity contribution in [3.63, 3.8) is 0 Å². The van der Waals surface area contributed by atoms with Crippen LogP contribution in [0, 0.1) is 0 Å². The fraction of sp³-hybridized carbons (Fsp3) is 0.800. The standard InChI is InChI=1S/C40H72O4/c1-3-5-6-7-8-9-10-11-12-13-14-15-16-17-18-19-20-24-27-30-33-37-40(43)44-38(34-4-2)35-31-28-25-22-21-23-26-29-32-36-39(41)42/h8-9,11-12,17-18,38H,3-7,10,13-16,19-37H2,1-2H3,(H,41,42)/b9-8-,12-11-,18-17-. The summed E-state index contributed by atoms with van der Waals surface area (Å²) in [6, 6.07) is 0. The number of hydrogen-bond donors (Lipinski definition) is 1. The highest BCUT2D eigenvalue weighted by Crippen LogP contribution is 2.17. The largest absolute Gasteiger partial charge is 0.481 e. The van der Waals surface area contributed by atoms with E-state index in [0.717, 1.165) is 64.2 Å². The Bertz CT molecular complexity index is 708. The lowest BCUT2D eigenvalue weighted by Gasteiger charge is -2.17. The average molecular weight is 617 g/mol. The molecule has 0 bridgehead atoms. The molecule has 0 aliphatic rings. The van der Waals surface area contributed by atoms with Crippen molar-refractivity contribution in [3.8, 4) is 0 Å². The first-order valence-electron chi connectivity index (χ1n) is 19.0. The van der Waals surface area contributed by atoms with Crippen LogP contribution in [0.25, 0.3) is 0 Å². The summed E-state index contributed by atoms with van der Waals surface area (Å²) in [6.07, 6.45) is 46.5. The predicted octanol–water partition coefficient (Wildman–Crippen LogP) is 13.0. The molecule has 0 saturated carbocycles. The van der Waals surface area contributed by atoms with Gasteiger partial charge in [0.25, 0.3) is 0 Å². The highest BCUT2D eigenvalue weighted by molar-refractivity contribution is 5.69. The molecule has 44 heavy (non-hydrogen) atoms. The molecule has 0 heterocycles. The Kier molecular flexibility index (Phi) is 34.1. The van der Waals surface area contributed by atoms with Gasteiger partial charge in [-0.25, -0.2) is 0 Å². The minimum absolute atomic E-state index is 0.000542. The number of carboxylic acid groups (broad SMARTS) is 1. The second-order valence-electron chi connectivity index (χ2n) is 12.8. The molecule has 1 atom stereocenters. The third-order valence-corrected chi connectivity index (χ3v) is 8.32. The molecule has 0 amide bonds. The summed E-state index contributed by atoms with van der Waals surface area (Å²) < 4.78 is 5.84. The van der Waals surface area contributed by atoms with Crippen LogP contribution in [0.1, 0.15) is 200 Å². The van der Waals surface area contributed by atoms with Gasteiger partial charge in [-0.15, -0.1) is 0 Å². The average Bonchev–Trinajstić information content (AvgIpc) is 3.00. The number of hydrogen-bond acceptors (Lipinski definition) is 3. The Balaban J connectivity index is 3.57. The normalized spacial score (nSPS) is 12.6. The Morgan fingerprint density at radius 3 is 1.45 bits per heavy atom. The minimum atomic E-state index is -0.682. The first-order chi connectivity index (χ1) is 21.6. The Morgan fingerprint density at radius 1 is 0.500 bits per heavy atom. The third-order valence-electron chi connectivity index (χ3n) is 8.32. The van der Waals surface area contributed by atoms with Crippen molar-refractivity contribution >= 4 is 11.9 Å². The van der Waals surface area contributed by atoms with Crippen molar-refractivity contribution in [1.82, 2.24) is 0 Å². The number of carbonyl (C=O) groups is 2. The van der Waals surface area contributed by atoms with E-state index in [1.807, 2.05) is 0 Å². The molecule has 0 spiro atoms. The topological polar surface area (TPSA) is 63.6 Å². The summed E-state index contributed by atoms with van der Waals surface area (Å²) in [4.78, 5) is 22.9. The first kappa shape index (κ1) is 42.2. The van der Waals surface area contributed by atoms with E-state index < -0.39 is 5.97 Å². The van der Waals surface area contributed by atoms with E-state index in [4.69, 9.17) is 9.84 Å². The summed E-state index contributed by atoms with van der Waals surface area (Å²) in [5.74, 6) is -0.682. The van der Waals surface area contributed by atoms with E-state index in [1.54, 1.807) is 0 Å². The van der Waals surface area contributed by atoms with Crippen molar-refractivity contribution in [3.05, 3.63) is 36.5 Å². The van der Waals surface area contributed by atoms with Crippen LogP contribution >= 0.6 is 0 Å². The second kappa shape index (κ2) is 35.6. The molecule has 1 unspecified atom stereocenters. The molecule has 0 fully saturated rings. The number of esters is 1. The minimum Gasteiger partial charge on any atom is -0.481 e. The SMILES string of the molecule is CCCCC/C=C\C/C=C\CCCC/C=C\CCCCCCCC(=O)OC(CCC)CCCCCCCCCCCC(=O)O. The molecule has 4 heteroatoms. The molecular formula is C40H72O4. The lowest BCUT2D eigenvalue weighted by molar-refractivity contribution is -0.150. The molecule has 256 valence electrons. The van der Waals surface area contributed by atoms with Crippen LogP contribution in [0.2, 0.25) is 0 Å². The van der Waals surface area contributed by atoms with Crippen LogP contribution in [-0.2, 0) is 14.3 Å². The zero-order valence-corrected chi connectivity index (χ0v) is 29.2. The number of rotatable bonds is 34. The van der Waals surface area contributed by atoms with Crippen molar-refractivity contribution in [2.24, 2.45) is 0 Å². The number of unbranched alkanes of at least 4 members (excludes halogenated alkanes) is 19. The number of carbonyl (C=O) groups excluding carboxylic acids is 1. The van der Waals surface area contributed by atoms with Crippen molar-refractivity contribution in [2.45, 2.75) is 206 Å². The fourth-order valence-electron chi connectivity index (χ4n) is 5.56. The summed E-state index contributed by atoms with van der Waals surface area (Å²) in [5, 5.41) is 8.67. The van der Waals surface area contributed by atoms with Gasteiger partial charge in [0.05, 0.1) is 0 Å². The van der Waals surface area contributed by atoms with Gasteiger partial charge in [0.15, 0.2) is 0 Å². The van der Waals surface area contributed by atoms with Crippen molar-refractivity contribution in [2.75, 3.05) is 0 Å². The first-order valence-corrected chi connectivity index (χ1v) is 19.0. The summed E-state index contributed by atoms with van der Waals surface area (Å²) in [6.45, 7) is 4.42. The molecule has 4 nitrogen and oxygen atoms in total. The van der Waals surface area contributed by atoms with E-state index in [1.165, 1.54) is 109 Å². The monoisotopic (exact) mass is 617 g/mol. The predicted molar refractivity (Wildman–Crippen MR) is 190 cm³/mol. The molecule has 0 aliphatic carbocycles. The quantitative estimate of drug-likeness (QED) is 0.0444. The number of allylic oxidation sites excluding steroid dienone is 6. The molecule has 0 aromatic rings. The summed E-state index contributed by atoms with van der Waals surface area (Å²) >= 11 is 0. The maximum Gasteiger partial charge on any atom is 0.306 e. The van der Waals surface area contributed by atoms with E-state index in [0.29, 0.717) is 12.8 Å². The second-order valence-corrected chi connectivity index (χ2v) is 12.8. The maximum absolute atomic E-state index is 12.4. The van der Waals surface area contributed by atoms with E-state index in [-0.39, 0.29) is 12.1 Å². The molecule has 0 aromatic carbocycles. The van der Waals surface area contributed by atoms with Gasteiger partial charge >= 0.3 is 11.9 Å². The van der Waals surface area contributed by atoms with Crippen LogP contribution in [0.4, 0.5) is 0 Å². The van der Waals surface area contributed by atoms with Gasteiger partial charge in [0.2, 0.25) is 0 Å². The highest BCUT2D eigenvalue weighted by Gasteiger charge is 2.13. The lowest BCUT2D eigenvalue weighted by Crippen LogP contribution is -2.18. The molecule has 0 rings (SSSR count). The van der Waals surface area contributed by atoms with Gasteiger partial charge in [0.1, 0.15) is 6.10 Å². The molecule has 0 aromatic heterocycles. The van der Waals surface area contributed by atoms with Gasteiger partial charge in [-0.3, -0.25) is 9.59 Å². The Hall–Kier alpha value is -1.84. The van der Waals surface area contributed by atoms with Crippen LogP contribution < -0.4 is 0 Å². The van der Waals surface area contributed by atoms with E-state index >= 15 is 0 Å². The Morgan fingerprint density at radius 2 is 0.932 bits per heavy atom. The zero-order valence-electron chi connectivity index (χ0n) is 29.2.